The molecule has 2 saturated heterocycles. The van der Waals surface area contributed by atoms with Gasteiger partial charge in [-0.05, 0) is 30.9 Å². The molecule has 2 atom stereocenters. The fourth-order valence-electron chi connectivity index (χ4n) is 2.97. The highest BCUT2D eigenvalue weighted by atomic mass is 16.1. The van der Waals surface area contributed by atoms with E-state index in [2.05, 4.69) is 15.2 Å². The van der Waals surface area contributed by atoms with Crippen LogP contribution in [-0.2, 0) is 4.79 Å². The van der Waals surface area contributed by atoms with Gasteiger partial charge < -0.3 is 21.7 Å². The second-order valence-corrected chi connectivity index (χ2v) is 5.35. The SMILES string of the molecule is Nc1ccc(N2CCC3NC(=O)CCC3C2)nc1N. The molecule has 6 nitrogen and oxygen atoms in total. The fraction of sp³-hybridized carbons (Fsp3) is 0.538. The summed E-state index contributed by atoms with van der Waals surface area (Å²) in [5, 5.41) is 3.08. The number of carbonyl (C=O) groups excluding carboxylic acids is 1. The second-order valence-electron chi connectivity index (χ2n) is 5.35. The number of aromatic nitrogens is 1. The summed E-state index contributed by atoms with van der Waals surface area (Å²) in [6, 6.07) is 4.03. The van der Waals surface area contributed by atoms with Gasteiger partial charge in [0.15, 0.2) is 0 Å². The van der Waals surface area contributed by atoms with Gasteiger partial charge in [-0.3, -0.25) is 4.79 Å². The van der Waals surface area contributed by atoms with Crippen LogP contribution in [0.1, 0.15) is 19.3 Å². The third-order valence-electron chi connectivity index (χ3n) is 4.09. The number of carbonyl (C=O) groups is 1. The minimum Gasteiger partial charge on any atom is -0.396 e. The Morgan fingerprint density at radius 2 is 2.16 bits per heavy atom. The first-order valence-electron chi connectivity index (χ1n) is 6.70. The van der Waals surface area contributed by atoms with Crippen molar-refractivity contribution in [2.24, 2.45) is 5.92 Å². The van der Waals surface area contributed by atoms with E-state index in [9.17, 15) is 4.79 Å². The first-order valence-corrected chi connectivity index (χ1v) is 6.70. The van der Waals surface area contributed by atoms with Crippen LogP contribution in [0, 0.1) is 5.92 Å². The number of hydrogen-bond donors (Lipinski definition) is 3. The molecule has 1 aromatic heterocycles. The van der Waals surface area contributed by atoms with Crippen LogP contribution in [0.5, 0.6) is 0 Å². The van der Waals surface area contributed by atoms with Crippen molar-refractivity contribution < 1.29 is 4.79 Å². The molecular weight excluding hydrogens is 242 g/mol. The van der Waals surface area contributed by atoms with E-state index >= 15 is 0 Å². The monoisotopic (exact) mass is 261 g/mol. The fourth-order valence-corrected chi connectivity index (χ4v) is 2.97. The van der Waals surface area contributed by atoms with Crippen LogP contribution in [-0.4, -0.2) is 30.0 Å². The molecule has 3 rings (SSSR count). The van der Waals surface area contributed by atoms with Crippen molar-refractivity contribution in [3.05, 3.63) is 12.1 Å². The van der Waals surface area contributed by atoms with Crippen molar-refractivity contribution in [2.75, 3.05) is 29.5 Å². The molecule has 1 aromatic rings. The number of nitrogen functional groups attached to an aromatic ring is 2. The molecule has 0 aliphatic carbocycles. The summed E-state index contributed by atoms with van der Waals surface area (Å²) in [4.78, 5) is 18.0. The van der Waals surface area contributed by atoms with Crippen LogP contribution in [0.2, 0.25) is 0 Å². The van der Waals surface area contributed by atoms with Gasteiger partial charge in [0.25, 0.3) is 0 Å². The van der Waals surface area contributed by atoms with Crippen LogP contribution < -0.4 is 21.7 Å². The Labute approximate surface area is 112 Å². The number of nitrogens with two attached hydrogens (primary N) is 2. The number of piperidine rings is 2. The normalized spacial score (nSPS) is 26.7. The molecule has 102 valence electrons. The maximum atomic E-state index is 11.4. The van der Waals surface area contributed by atoms with Gasteiger partial charge in [-0.1, -0.05) is 0 Å². The molecular formula is C13H19N5O. The van der Waals surface area contributed by atoms with Crippen LogP contribution in [0.25, 0.3) is 0 Å². The van der Waals surface area contributed by atoms with Crippen LogP contribution in [0.15, 0.2) is 12.1 Å². The summed E-state index contributed by atoms with van der Waals surface area (Å²) >= 11 is 0. The molecule has 2 fully saturated rings. The highest BCUT2D eigenvalue weighted by Gasteiger charge is 2.34. The zero-order chi connectivity index (χ0) is 13.4. The van der Waals surface area contributed by atoms with Crippen molar-refractivity contribution >= 4 is 23.2 Å². The van der Waals surface area contributed by atoms with Crippen molar-refractivity contribution in [1.82, 2.24) is 10.3 Å². The third-order valence-corrected chi connectivity index (χ3v) is 4.09. The molecule has 2 aliphatic heterocycles. The second kappa shape index (κ2) is 4.60. The third kappa shape index (κ3) is 2.30. The molecule has 6 heteroatoms. The summed E-state index contributed by atoms with van der Waals surface area (Å²) in [6.45, 7) is 1.80. The van der Waals surface area contributed by atoms with E-state index in [4.69, 9.17) is 11.5 Å². The maximum Gasteiger partial charge on any atom is 0.220 e. The Morgan fingerprint density at radius 3 is 2.95 bits per heavy atom. The van der Waals surface area contributed by atoms with Crippen molar-refractivity contribution in [3.63, 3.8) is 0 Å². The lowest BCUT2D eigenvalue weighted by Crippen LogP contribution is -2.54. The standard InChI is InChI=1S/C13H19N5O/c14-9-2-3-11(17-13(9)15)18-6-5-10-8(7-18)1-4-12(19)16-10/h2-3,8,10H,1,4-7,14H2,(H2,15,17)(H,16,19). The Balaban J connectivity index is 1.74. The first-order chi connectivity index (χ1) is 9.13. The highest BCUT2D eigenvalue weighted by molar-refractivity contribution is 5.77. The number of nitrogens with zero attached hydrogens (tertiary/aromatic N) is 2. The molecule has 1 amide bonds. The van der Waals surface area contributed by atoms with Crippen LogP contribution in [0.3, 0.4) is 0 Å². The van der Waals surface area contributed by atoms with E-state index in [1.54, 1.807) is 6.07 Å². The number of hydrogen-bond acceptors (Lipinski definition) is 5. The lowest BCUT2D eigenvalue weighted by molar-refractivity contribution is -0.124. The number of fused-ring (bicyclic) bond motifs is 1. The zero-order valence-corrected chi connectivity index (χ0v) is 10.8. The molecule has 19 heavy (non-hydrogen) atoms. The quantitative estimate of drug-likeness (QED) is 0.677. The number of amides is 1. The summed E-state index contributed by atoms with van der Waals surface area (Å²) in [5.74, 6) is 1.95. The molecule has 0 bridgehead atoms. The predicted molar refractivity (Wildman–Crippen MR) is 74.5 cm³/mol. The van der Waals surface area contributed by atoms with E-state index in [-0.39, 0.29) is 5.91 Å². The van der Waals surface area contributed by atoms with Gasteiger partial charge in [0, 0.05) is 25.6 Å². The van der Waals surface area contributed by atoms with Gasteiger partial charge >= 0.3 is 0 Å². The minimum absolute atomic E-state index is 0.185. The highest BCUT2D eigenvalue weighted by Crippen LogP contribution is 2.28. The van der Waals surface area contributed by atoms with Gasteiger partial charge in [0.1, 0.15) is 11.6 Å². The van der Waals surface area contributed by atoms with E-state index in [0.29, 0.717) is 29.9 Å². The summed E-state index contributed by atoms with van der Waals surface area (Å²) in [7, 11) is 0. The van der Waals surface area contributed by atoms with Gasteiger partial charge in [-0.2, -0.15) is 0 Å². The van der Waals surface area contributed by atoms with E-state index in [1.165, 1.54) is 0 Å². The average Bonchev–Trinajstić information content (AvgIpc) is 2.41. The first kappa shape index (κ1) is 12.1. The van der Waals surface area contributed by atoms with E-state index in [0.717, 1.165) is 31.7 Å². The summed E-state index contributed by atoms with van der Waals surface area (Å²) < 4.78 is 0. The largest absolute Gasteiger partial charge is 0.396 e. The van der Waals surface area contributed by atoms with Gasteiger partial charge in [0.2, 0.25) is 5.91 Å². The Bertz CT molecular complexity index is 504. The van der Waals surface area contributed by atoms with Crippen molar-refractivity contribution in [2.45, 2.75) is 25.3 Å². The van der Waals surface area contributed by atoms with Gasteiger partial charge in [-0.25, -0.2) is 4.98 Å². The van der Waals surface area contributed by atoms with E-state index < -0.39 is 0 Å². The molecule has 0 aromatic carbocycles. The average molecular weight is 261 g/mol. The zero-order valence-electron chi connectivity index (χ0n) is 10.8. The summed E-state index contributed by atoms with van der Waals surface area (Å²) in [5.41, 5.74) is 12.0. The smallest absolute Gasteiger partial charge is 0.220 e. The number of anilines is 3. The molecule has 0 spiro atoms. The van der Waals surface area contributed by atoms with E-state index in [1.807, 2.05) is 6.07 Å². The van der Waals surface area contributed by atoms with Crippen molar-refractivity contribution in [3.8, 4) is 0 Å². The van der Waals surface area contributed by atoms with Gasteiger partial charge in [-0.15, -0.1) is 0 Å². The molecule has 0 saturated carbocycles. The molecule has 3 heterocycles. The van der Waals surface area contributed by atoms with Crippen LogP contribution in [0.4, 0.5) is 17.3 Å². The molecule has 0 radical (unpaired) electrons. The minimum atomic E-state index is 0.185. The van der Waals surface area contributed by atoms with Crippen molar-refractivity contribution in [1.29, 1.82) is 0 Å². The number of pyridine rings is 1. The lowest BCUT2D eigenvalue weighted by Gasteiger charge is -2.41. The number of nitrogens with one attached hydrogen (secondary N) is 1. The predicted octanol–water partition coefficient (Wildman–Crippen LogP) is 0.351. The van der Waals surface area contributed by atoms with Crippen LogP contribution >= 0.6 is 0 Å². The Kier molecular flexibility index (Phi) is 2.93. The lowest BCUT2D eigenvalue weighted by atomic mass is 9.85. The maximum absolute atomic E-state index is 11.4. The number of rotatable bonds is 1. The summed E-state index contributed by atoms with van der Waals surface area (Å²) in [6.07, 6.45) is 2.55. The topological polar surface area (TPSA) is 97.3 Å². The molecule has 2 unspecified atom stereocenters. The molecule has 5 N–H and O–H groups in total. The Hall–Kier alpha value is -1.98. The molecule has 2 aliphatic rings. The van der Waals surface area contributed by atoms with Gasteiger partial charge in [0.05, 0.1) is 5.69 Å². The Morgan fingerprint density at radius 1 is 1.32 bits per heavy atom.